The van der Waals surface area contributed by atoms with E-state index in [-0.39, 0.29) is 9.79 Å². The minimum absolute atomic E-state index is 0.0591. The van der Waals surface area contributed by atoms with E-state index in [0.717, 1.165) is 0 Å². The highest BCUT2D eigenvalue weighted by Crippen LogP contribution is 2.30. The van der Waals surface area contributed by atoms with Gasteiger partial charge in [-0.05, 0) is 35.0 Å². The predicted octanol–water partition coefficient (Wildman–Crippen LogP) is 1.29. The second-order valence-electron chi connectivity index (χ2n) is 4.90. The van der Waals surface area contributed by atoms with Crippen LogP contribution in [0.15, 0.2) is 58.3 Å². The molecule has 0 atom stereocenters. The number of hydrogen-bond donors (Lipinski definition) is 2. The summed E-state index contributed by atoms with van der Waals surface area (Å²) in [5.41, 5.74) is 0. The SMILES string of the molecule is NS(=O)(=O)c1cccc2cc3cccc(S(N)(=O)=O)c3cc12. The van der Waals surface area contributed by atoms with Crippen molar-refractivity contribution in [2.24, 2.45) is 10.3 Å². The average Bonchev–Trinajstić information content (AvgIpc) is 2.41. The van der Waals surface area contributed by atoms with Crippen LogP contribution in [-0.2, 0) is 20.0 Å². The zero-order valence-electron chi connectivity index (χ0n) is 11.2. The summed E-state index contributed by atoms with van der Waals surface area (Å²) in [6.07, 6.45) is 0. The first-order valence-electron chi connectivity index (χ1n) is 6.19. The molecule has 0 fully saturated rings. The van der Waals surface area contributed by atoms with E-state index in [4.69, 9.17) is 10.3 Å². The van der Waals surface area contributed by atoms with Crippen LogP contribution in [0.4, 0.5) is 0 Å². The van der Waals surface area contributed by atoms with Gasteiger partial charge >= 0.3 is 0 Å². The Balaban J connectivity index is 2.56. The quantitative estimate of drug-likeness (QED) is 0.685. The number of rotatable bonds is 2. The number of hydrogen-bond acceptors (Lipinski definition) is 4. The van der Waals surface area contributed by atoms with Gasteiger partial charge in [0.25, 0.3) is 0 Å². The van der Waals surface area contributed by atoms with Gasteiger partial charge in [0.05, 0.1) is 9.79 Å². The fourth-order valence-corrected chi connectivity index (χ4v) is 3.99. The molecule has 0 saturated carbocycles. The van der Waals surface area contributed by atoms with Crippen LogP contribution < -0.4 is 10.3 Å². The zero-order valence-corrected chi connectivity index (χ0v) is 12.9. The van der Waals surface area contributed by atoms with Crippen molar-refractivity contribution in [2.75, 3.05) is 0 Å². The van der Waals surface area contributed by atoms with Gasteiger partial charge in [-0.2, -0.15) is 0 Å². The van der Waals surface area contributed by atoms with Crippen molar-refractivity contribution in [3.63, 3.8) is 0 Å². The summed E-state index contributed by atoms with van der Waals surface area (Å²) in [6, 6.07) is 12.6. The molecule has 22 heavy (non-hydrogen) atoms. The van der Waals surface area contributed by atoms with Crippen LogP contribution in [-0.4, -0.2) is 16.8 Å². The highest BCUT2D eigenvalue weighted by molar-refractivity contribution is 7.89. The normalized spacial score (nSPS) is 12.8. The number of nitrogens with two attached hydrogens (primary N) is 2. The lowest BCUT2D eigenvalue weighted by atomic mass is 10.0. The van der Waals surface area contributed by atoms with E-state index in [1.54, 1.807) is 30.3 Å². The summed E-state index contributed by atoms with van der Waals surface area (Å²) in [5.74, 6) is 0. The van der Waals surface area contributed by atoms with Crippen LogP contribution in [0.5, 0.6) is 0 Å². The Labute approximate surface area is 127 Å². The minimum Gasteiger partial charge on any atom is -0.225 e. The van der Waals surface area contributed by atoms with Gasteiger partial charge in [0, 0.05) is 10.8 Å². The third-order valence-corrected chi connectivity index (χ3v) is 5.35. The van der Waals surface area contributed by atoms with Gasteiger partial charge in [0.15, 0.2) is 0 Å². The molecular formula is C14H12N2O4S2. The van der Waals surface area contributed by atoms with Gasteiger partial charge < -0.3 is 0 Å². The van der Waals surface area contributed by atoms with E-state index in [1.807, 2.05) is 0 Å². The first-order valence-corrected chi connectivity index (χ1v) is 9.28. The maximum absolute atomic E-state index is 11.7. The third-order valence-electron chi connectivity index (χ3n) is 3.41. The van der Waals surface area contributed by atoms with Crippen molar-refractivity contribution in [3.8, 4) is 0 Å². The van der Waals surface area contributed by atoms with Gasteiger partial charge in [-0.3, -0.25) is 0 Å². The Morgan fingerprint density at radius 3 is 1.41 bits per heavy atom. The summed E-state index contributed by atoms with van der Waals surface area (Å²) >= 11 is 0. The van der Waals surface area contributed by atoms with Crippen molar-refractivity contribution in [2.45, 2.75) is 9.79 Å². The molecule has 0 heterocycles. The lowest BCUT2D eigenvalue weighted by molar-refractivity contribution is 0.597. The molecule has 3 aromatic carbocycles. The van der Waals surface area contributed by atoms with E-state index in [2.05, 4.69) is 0 Å². The molecule has 0 unspecified atom stereocenters. The van der Waals surface area contributed by atoms with Crippen LogP contribution in [0.1, 0.15) is 0 Å². The van der Waals surface area contributed by atoms with Crippen LogP contribution in [0.2, 0.25) is 0 Å². The van der Waals surface area contributed by atoms with Gasteiger partial charge in [-0.25, -0.2) is 27.1 Å². The summed E-state index contributed by atoms with van der Waals surface area (Å²) in [5, 5.41) is 12.4. The third kappa shape index (κ3) is 2.46. The van der Waals surface area contributed by atoms with Gasteiger partial charge in [0.1, 0.15) is 0 Å². The summed E-state index contributed by atoms with van der Waals surface area (Å²) in [7, 11) is -7.85. The monoisotopic (exact) mass is 336 g/mol. The lowest BCUT2D eigenvalue weighted by Crippen LogP contribution is -2.13. The van der Waals surface area contributed by atoms with Gasteiger partial charge in [0.2, 0.25) is 20.0 Å². The summed E-state index contributed by atoms with van der Waals surface area (Å²) in [6.45, 7) is 0. The maximum atomic E-state index is 11.7. The Hall–Kier alpha value is -2.00. The fraction of sp³-hybridized carbons (Fsp3) is 0. The van der Waals surface area contributed by atoms with Crippen molar-refractivity contribution in [3.05, 3.63) is 48.5 Å². The molecule has 3 rings (SSSR count). The van der Waals surface area contributed by atoms with Crippen molar-refractivity contribution in [1.29, 1.82) is 0 Å². The number of primary sulfonamides is 2. The van der Waals surface area contributed by atoms with E-state index < -0.39 is 20.0 Å². The van der Waals surface area contributed by atoms with Crippen LogP contribution in [0, 0.1) is 0 Å². The molecule has 6 nitrogen and oxygen atoms in total. The van der Waals surface area contributed by atoms with E-state index >= 15 is 0 Å². The summed E-state index contributed by atoms with van der Waals surface area (Å²) < 4.78 is 46.8. The van der Waals surface area contributed by atoms with E-state index in [1.165, 1.54) is 18.2 Å². The first kappa shape index (κ1) is 14.9. The predicted molar refractivity (Wildman–Crippen MR) is 84.2 cm³/mol. The van der Waals surface area contributed by atoms with Crippen LogP contribution >= 0.6 is 0 Å². The molecule has 8 heteroatoms. The van der Waals surface area contributed by atoms with Crippen molar-refractivity contribution >= 4 is 41.6 Å². The second kappa shape index (κ2) is 4.75. The Morgan fingerprint density at radius 2 is 1.05 bits per heavy atom. The first-order chi connectivity index (χ1) is 10.2. The Bertz CT molecular complexity index is 1030. The average molecular weight is 336 g/mol. The molecule has 0 bridgehead atoms. The number of benzene rings is 3. The number of sulfonamides is 2. The lowest BCUT2D eigenvalue weighted by Gasteiger charge is -2.09. The molecule has 0 amide bonds. The molecular weight excluding hydrogens is 324 g/mol. The smallest absolute Gasteiger partial charge is 0.225 e. The largest absolute Gasteiger partial charge is 0.238 e. The Morgan fingerprint density at radius 1 is 0.636 bits per heavy atom. The Kier molecular flexibility index (Phi) is 3.22. The highest BCUT2D eigenvalue weighted by atomic mass is 32.2. The van der Waals surface area contributed by atoms with Crippen LogP contribution in [0.3, 0.4) is 0 Å². The molecule has 0 aliphatic rings. The topological polar surface area (TPSA) is 120 Å². The molecule has 0 radical (unpaired) electrons. The zero-order chi connectivity index (χ0) is 16.1. The molecule has 4 N–H and O–H groups in total. The summed E-state index contributed by atoms with van der Waals surface area (Å²) in [4.78, 5) is -0.118. The minimum atomic E-state index is -3.93. The van der Waals surface area contributed by atoms with Crippen LogP contribution in [0.25, 0.3) is 21.5 Å². The van der Waals surface area contributed by atoms with Gasteiger partial charge in [-0.15, -0.1) is 0 Å². The molecule has 114 valence electrons. The van der Waals surface area contributed by atoms with E-state index in [0.29, 0.717) is 21.5 Å². The molecule has 0 spiro atoms. The fourth-order valence-electron chi connectivity index (χ4n) is 2.49. The second-order valence-corrected chi connectivity index (χ2v) is 7.96. The van der Waals surface area contributed by atoms with Crippen molar-refractivity contribution < 1.29 is 16.8 Å². The standard InChI is InChI=1S/C14H12N2O4S2/c15-21(17,18)13-5-1-3-9-7-10-4-2-6-14(22(16,19)20)12(10)8-11(9)13/h1-8H,(H2,15,17,18)(H2,16,19,20). The highest BCUT2D eigenvalue weighted by Gasteiger charge is 2.16. The van der Waals surface area contributed by atoms with E-state index in [9.17, 15) is 16.8 Å². The maximum Gasteiger partial charge on any atom is 0.238 e. The molecule has 0 aliphatic carbocycles. The van der Waals surface area contributed by atoms with Crippen molar-refractivity contribution in [1.82, 2.24) is 0 Å². The molecule has 0 aromatic heterocycles. The van der Waals surface area contributed by atoms with Gasteiger partial charge in [-0.1, -0.05) is 24.3 Å². The number of fused-ring (bicyclic) bond motifs is 2. The molecule has 3 aromatic rings. The molecule has 0 saturated heterocycles. The molecule has 0 aliphatic heterocycles.